The lowest BCUT2D eigenvalue weighted by molar-refractivity contribution is -0.137. The van der Waals surface area contributed by atoms with Crippen molar-refractivity contribution in [3.63, 3.8) is 0 Å². The smallest absolute Gasteiger partial charge is 0.317 e. The molecule has 0 amide bonds. The van der Waals surface area contributed by atoms with Crippen LogP contribution in [-0.2, 0) is 12.6 Å². The summed E-state index contributed by atoms with van der Waals surface area (Å²) >= 11 is 5.87. The summed E-state index contributed by atoms with van der Waals surface area (Å²) in [4.78, 5) is 3.64. The molecule has 100 valence electrons. The van der Waals surface area contributed by atoms with E-state index in [9.17, 15) is 13.2 Å². The molecule has 1 saturated heterocycles. The first kappa shape index (κ1) is 13.6. The molecule has 1 aliphatic heterocycles. The van der Waals surface area contributed by atoms with Crippen LogP contribution in [0.1, 0.15) is 24.0 Å². The van der Waals surface area contributed by atoms with Crippen molar-refractivity contribution in [2.45, 2.75) is 25.4 Å². The fourth-order valence-electron chi connectivity index (χ4n) is 2.19. The van der Waals surface area contributed by atoms with Crippen LogP contribution in [0.25, 0.3) is 0 Å². The highest BCUT2D eigenvalue weighted by Crippen LogP contribution is 2.32. The van der Waals surface area contributed by atoms with E-state index < -0.39 is 11.7 Å². The number of halogens is 4. The number of rotatable bonds is 2. The minimum Gasteiger partial charge on any atom is -0.317 e. The average Bonchev–Trinajstić information content (AvgIpc) is 2.32. The Morgan fingerprint density at radius 3 is 2.61 bits per heavy atom. The number of nitrogens with zero attached hydrogens (tertiary/aromatic N) is 1. The van der Waals surface area contributed by atoms with Crippen LogP contribution in [0.2, 0.25) is 5.15 Å². The summed E-state index contributed by atoms with van der Waals surface area (Å²) in [5.74, 6) is 0.383. The van der Waals surface area contributed by atoms with Crippen LogP contribution < -0.4 is 5.32 Å². The minimum absolute atomic E-state index is 0.182. The van der Waals surface area contributed by atoms with Crippen molar-refractivity contribution < 1.29 is 13.2 Å². The largest absolute Gasteiger partial charge is 0.417 e. The van der Waals surface area contributed by atoms with Gasteiger partial charge >= 0.3 is 6.18 Å². The van der Waals surface area contributed by atoms with E-state index in [1.54, 1.807) is 0 Å². The number of piperidine rings is 1. The summed E-state index contributed by atoms with van der Waals surface area (Å²) in [6.07, 6.45) is -1.08. The van der Waals surface area contributed by atoms with Gasteiger partial charge < -0.3 is 5.32 Å². The zero-order valence-electron chi connectivity index (χ0n) is 9.73. The van der Waals surface area contributed by atoms with E-state index in [4.69, 9.17) is 11.6 Å². The van der Waals surface area contributed by atoms with Gasteiger partial charge in [-0.1, -0.05) is 11.6 Å². The van der Waals surface area contributed by atoms with Crippen LogP contribution in [0.5, 0.6) is 0 Å². The molecule has 1 aliphatic rings. The fraction of sp³-hybridized carbons (Fsp3) is 0.583. The summed E-state index contributed by atoms with van der Waals surface area (Å²) in [5, 5.41) is 3.40. The Bertz CT molecular complexity index is 414. The van der Waals surface area contributed by atoms with Gasteiger partial charge in [0, 0.05) is 6.20 Å². The molecule has 1 aromatic rings. The maximum atomic E-state index is 12.6. The molecule has 0 aliphatic carbocycles. The van der Waals surface area contributed by atoms with Crippen molar-refractivity contribution in [2.75, 3.05) is 13.1 Å². The van der Waals surface area contributed by atoms with Gasteiger partial charge in [-0.05, 0) is 49.9 Å². The molecule has 1 N–H and O–H groups in total. The zero-order chi connectivity index (χ0) is 13.2. The van der Waals surface area contributed by atoms with Crippen LogP contribution in [-0.4, -0.2) is 18.1 Å². The van der Waals surface area contributed by atoms with Crippen LogP contribution in [0.3, 0.4) is 0 Å². The standard InChI is InChI=1S/C12H14ClF3N2/c13-11-9(5-8-1-3-17-4-2-8)6-10(7-18-11)12(14,15)16/h6-8,17H,1-5H2. The van der Waals surface area contributed by atoms with E-state index in [1.165, 1.54) is 0 Å². The monoisotopic (exact) mass is 278 g/mol. The van der Waals surface area contributed by atoms with E-state index >= 15 is 0 Å². The first-order chi connectivity index (χ1) is 8.47. The van der Waals surface area contributed by atoms with Gasteiger partial charge in [-0.3, -0.25) is 0 Å². The number of hydrogen-bond donors (Lipinski definition) is 1. The average molecular weight is 279 g/mol. The van der Waals surface area contributed by atoms with Crippen LogP contribution in [0, 0.1) is 5.92 Å². The number of hydrogen-bond acceptors (Lipinski definition) is 2. The number of alkyl halides is 3. The summed E-state index contributed by atoms with van der Waals surface area (Å²) in [7, 11) is 0. The first-order valence-electron chi connectivity index (χ1n) is 5.89. The summed E-state index contributed by atoms with van der Waals surface area (Å²) in [6, 6.07) is 1.12. The predicted octanol–water partition coefficient (Wildman–Crippen LogP) is 3.30. The third-order valence-corrected chi connectivity index (χ3v) is 3.55. The number of pyridine rings is 1. The SMILES string of the molecule is FC(F)(F)c1cnc(Cl)c(CC2CCNCC2)c1. The quantitative estimate of drug-likeness (QED) is 0.840. The lowest BCUT2D eigenvalue weighted by atomic mass is 9.91. The van der Waals surface area contributed by atoms with Crippen molar-refractivity contribution in [1.29, 1.82) is 0 Å². The number of aromatic nitrogens is 1. The second kappa shape index (κ2) is 5.45. The van der Waals surface area contributed by atoms with Gasteiger partial charge in [0.2, 0.25) is 0 Å². The normalized spacial score (nSPS) is 18.0. The van der Waals surface area contributed by atoms with Crippen LogP contribution >= 0.6 is 11.6 Å². The molecule has 2 heterocycles. The highest BCUT2D eigenvalue weighted by atomic mass is 35.5. The first-order valence-corrected chi connectivity index (χ1v) is 6.27. The Labute approximate surface area is 109 Å². The Morgan fingerprint density at radius 1 is 1.33 bits per heavy atom. The third-order valence-electron chi connectivity index (χ3n) is 3.21. The fourth-order valence-corrected chi connectivity index (χ4v) is 2.37. The van der Waals surface area contributed by atoms with Crippen molar-refractivity contribution in [1.82, 2.24) is 10.3 Å². The maximum absolute atomic E-state index is 12.6. The second-order valence-corrected chi connectivity index (χ2v) is 4.93. The third kappa shape index (κ3) is 3.36. The van der Waals surface area contributed by atoms with Gasteiger partial charge in [0.05, 0.1) is 5.56 Å². The topological polar surface area (TPSA) is 24.9 Å². The van der Waals surface area contributed by atoms with E-state index in [-0.39, 0.29) is 5.15 Å². The Morgan fingerprint density at radius 2 is 2.00 bits per heavy atom. The molecular formula is C12H14ClF3N2. The molecule has 1 fully saturated rings. The molecule has 0 aromatic carbocycles. The molecule has 0 saturated carbocycles. The Hall–Kier alpha value is -0.810. The second-order valence-electron chi connectivity index (χ2n) is 4.57. The molecule has 0 bridgehead atoms. The highest BCUT2D eigenvalue weighted by molar-refractivity contribution is 6.30. The lowest BCUT2D eigenvalue weighted by Gasteiger charge is -2.23. The summed E-state index contributed by atoms with van der Waals surface area (Å²) < 4.78 is 37.8. The predicted molar refractivity (Wildman–Crippen MR) is 63.5 cm³/mol. The van der Waals surface area contributed by atoms with E-state index in [2.05, 4.69) is 10.3 Å². The van der Waals surface area contributed by atoms with Crippen LogP contribution in [0.4, 0.5) is 13.2 Å². The molecule has 1 aromatic heterocycles. The molecular weight excluding hydrogens is 265 g/mol. The molecule has 2 rings (SSSR count). The maximum Gasteiger partial charge on any atom is 0.417 e. The van der Waals surface area contributed by atoms with Gasteiger partial charge in [-0.15, -0.1) is 0 Å². The van der Waals surface area contributed by atoms with Gasteiger partial charge in [-0.25, -0.2) is 4.98 Å². The molecule has 0 unspecified atom stereocenters. The van der Waals surface area contributed by atoms with Gasteiger partial charge in [0.25, 0.3) is 0 Å². The lowest BCUT2D eigenvalue weighted by Crippen LogP contribution is -2.28. The van der Waals surface area contributed by atoms with Crippen molar-refractivity contribution in [2.24, 2.45) is 5.92 Å². The molecule has 0 spiro atoms. The van der Waals surface area contributed by atoms with Gasteiger partial charge in [0.1, 0.15) is 5.15 Å². The highest BCUT2D eigenvalue weighted by Gasteiger charge is 2.31. The molecule has 0 atom stereocenters. The number of nitrogens with one attached hydrogen (secondary N) is 1. The Balaban J connectivity index is 2.15. The molecule has 2 nitrogen and oxygen atoms in total. The Kier molecular flexibility index (Phi) is 4.12. The molecule has 0 radical (unpaired) electrons. The van der Waals surface area contributed by atoms with E-state index in [0.29, 0.717) is 17.9 Å². The zero-order valence-corrected chi connectivity index (χ0v) is 10.5. The molecule has 18 heavy (non-hydrogen) atoms. The summed E-state index contributed by atoms with van der Waals surface area (Å²) in [5.41, 5.74) is -0.228. The van der Waals surface area contributed by atoms with E-state index in [0.717, 1.165) is 38.2 Å². The van der Waals surface area contributed by atoms with E-state index in [1.807, 2.05) is 0 Å². The van der Waals surface area contributed by atoms with Crippen molar-refractivity contribution >= 4 is 11.6 Å². The van der Waals surface area contributed by atoms with Crippen LogP contribution in [0.15, 0.2) is 12.3 Å². The van der Waals surface area contributed by atoms with Crippen molar-refractivity contribution in [3.05, 3.63) is 28.5 Å². The minimum atomic E-state index is -4.36. The molecule has 6 heteroatoms. The summed E-state index contributed by atoms with van der Waals surface area (Å²) in [6.45, 7) is 1.82. The van der Waals surface area contributed by atoms with Crippen molar-refractivity contribution in [3.8, 4) is 0 Å². The van der Waals surface area contributed by atoms with Gasteiger partial charge in [-0.2, -0.15) is 13.2 Å². The van der Waals surface area contributed by atoms with Gasteiger partial charge in [0.15, 0.2) is 0 Å².